The number of ketones is 1. The average molecular weight is 270 g/mol. The Balaban J connectivity index is 2.05. The third-order valence-corrected chi connectivity index (χ3v) is 3.89. The van der Waals surface area contributed by atoms with Crippen molar-refractivity contribution in [3.05, 3.63) is 36.0 Å². The maximum absolute atomic E-state index is 12.7. The Morgan fingerprint density at radius 2 is 2.30 bits per heavy atom. The molecule has 1 aliphatic heterocycles. The van der Waals surface area contributed by atoms with Gasteiger partial charge < -0.3 is 10.1 Å². The van der Waals surface area contributed by atoms with Crippen molar-refractivity contribution in [3.8, 4) is 5.75 Å². The first-order chi connectivity index (χ1) is 9.81. The summed E-state index contributed by atoms with van der Waals surface area (Å²) in [6, 6.07) is 7.49. The molecule has 1 aliphatic rings. The molecule has 0 amide bonds. The van der Waals surface area contributed by atoms with E-state index in [1.807, 2.05) is 24.3 Å². The minimum absolute atomic E-state index is 0.0700. The van der Waals surface area contributed by atoms with Crippen molar-refractivity contribution in [1.29, 1.82) is 0 Å². The van der Waals surface area contributed by atoms with Gasteiger partial charge >= 0.3 is 0 Å². The summed E-state index contributed by atoms with van der Waals surface area (Å²) in [5.41, 5.74) is 1.51. The Kier molecular flexibility index (Phi) is 3.65. The van der Waals surface area contributed by atoms with Gasteiger partial charge in [0.05, 0.1) is 7.11 Å². The molecule has 2 heterocycles. The van der Waals surface area contributed by atoms with Gasteiger partial charge in [0.25, 0.3) is 0 Å². The summed E-state index contributed by atoms with van der Waals surface area (Å²) in [5, 5.41) is 4.17. The molecule has 1 aromatic carbocycles. The lowest BCUT2D eigenvalue weighted by atomic mass is 9.89. The number of benzene rings is 1. The largest absolute Gasteiger partial charge is 0.494 e. The van der Waals surface area contributed by atoms with Crippen molar-refractivity contribution < 1.29 is 9.53 Å². The molecule has 1 fully saturated rings. The van der Waals surface area contributed by atoms with E-state index >= 15 is 0 Å². The lowest BCUT2D eigenvalue weighted by molar-refractivity contribution is 0.0901. The van der Waals surface area contributed by atoms with Gasteiger partial charge in [0, 0.05) is 29.6 Å². The van der Waals surface area contributed by atoms with Crippen LogP contribution in [0.15, 0.2) is 30.5 Å². The highest BCUT2D eigenvalue weighted by atomic mass is 16.5. The SMILES string of the molecule is COc1ccc(C(=O)C2CCCNC2)c2cccnc12. The van der Waals surface area contributed by atoms with Crippen molar-refractivity contribution in [2.24, 2.45) is 5.92 Å². The molecule has 1 aromatic heterocycles. The van der Waals surface area contributed by atoms with Crippen LogP contribution in [0.4, 0.5) is 0 Å². The molecule has 1 saturated heterocycles. The van der Waals surface area contributed by atoms with Crippen molar-refractivity contribution in [1.82, 2.24) is 10.3 Å². The number of Topliss-reactive ketones (excluding diaryl/α,β-unsaturated/α-hetero) is 1. The minimum Gasteiger partial charge on any atom is -0.494 e. The van der Waals surface area contributed by atoms with Crippen LogP contribution in [0.2, 0.25) is 0 Å². The molecule has 1 N–H and O–H groups in total. The van der Waals surface area contributed by atoms with Gasteiger partial charge in [-0.25, -0.2) is 0 Å². The second-order valence-electron chi connectivity index (χ2n) is 5.12. The van der Waals surface area contributed by atoms with Crippen LogP contribution < -0.4 is 10.1 Å². The Bertz CT molecular complexity index is 633. The predicted molar refractivity (Wildman–Crippen MR) is 78.2 cm³/mol. The number of piperidine rings is 1. The van der Waals surface area contributed by atoms with Gasteiger partial charge in [-0.3, -0.25) is 9.78 Å². The van der Waals surface area contributed by atoms with Gasteiger partial charge in [-0.05, 0) is 37.6 Å². The van der Waals surface area contributed by atoms with Crippen molar-refractivity contribution >= 4 is 16.7 Å². The molecule has 2 aromatic rings. The number of carbonyl (C=O) groups is 1. The zero-order chi connectivity index (χ0) is 13.9. The molecule has 0 bridgehead atoms. The van der Waals surface area contributed by atoms with Gasteiger partial charge in [0.15, 0.2) is 5.78 Å². The maximum atomic E-state index is 12.7. The number of nitrogens with one attached hydrogen (secondary N) is 1. The second kappa shape index (κ2) is 5.59. The molecule has 3 rings (SSSR count). The number of hydrogen-bond donors (Lipinski definition) is 1. The molecule has 4 heteroatoms. The Morgan fingerprint density at radius 1 is 1.40 bits per heavy atom. The van der Waals surface area contributed by atoms with Gasteiger partial charge in [-0.15, -0.1) is 0 Å². The molecule has 0 spiro atoms. The molecule has 0 radical (unpaired) electrons. The number of aromatic nitrogens is 1. The number of ether oxygens (including phenoxy) is 1. The van der Waals surface area contributed by atoms with Crippen LogP contribution >= 0.6 is 0 Å². The molecule has 0 aliphatic carbocycles. The molecule has 20 heavy (non-hydrogen) atoms. The van der Waals surface area contributed by atoms with Crippen LogP contribution in [0, 0.1) is 5.92 Å². The highest BCUT2D eigenvalue weighted by Gasteiger charge is 2.24. The lowest BCUT2D eigenvalue weighted by Gasteiger charge is -2.22. The van der Waals surface area contributed by atoms with Crippen LogP contribution in [0.3, 0.4) is 0 Å². The van der Waals surface area contributed by atoms with Crippen LogP contribution in [0.1, 0.15) is 23.2 Å². The first-order valence-electron chi connectivity index (χ1n) is 6.98. The number of fused-ring (bicyclic) bond motifs is 1. The number of rotatable bonds is 3. The Labute approximate surface area is 118 Å². The quantitative estimate of drug-likeness (QED) is 0.870. The fourth-order valence-electron chi connectivity index (χ4n) is 2.82. The first-order valence-corrected chi connectivity index (χ1v) is 6.98. The number of hydrogen-bond acceptors (Lipinski definition) is 4. The summed E-state index contributed by atoms with van der Waals surface area (Å²) >= 11 is 0. The molecular formula is C16H18N2O2. The highest BCUT2D eigenvalue weighted by Crippen LogP contribution is 2.29. The summed E-state index contributed by atoms with van der Waals surface area (Å²) in [5.74, 6) is 0.984. The molecule has 1 unspecified atom stereocenters. The van der Waals surface area contributed by atoms with Gasteiger partial charge in [0.1, 0.15) is 11.3 Å². The lowest BCUT2D eigenvalue weighted by Crippen LogP contribution is -2.34. The normalized spacial score (nSPS) is 18.9. The van der Waals surface area contributed by atoms with Crippen LogP contribution in [-0.2, 0) is 0 Å². The topological polar surface area (TPSA) is 51.2 Å². The first kappa shape index (κ1) is 13.1. The van der Waals surface area contributed by atoms with E-state index in [0.717, 1.165) is 42.4 Å². The summed E-state index contributed by atoms with van der Waals surface area (Å²) in [7, 11) is 1.62. The van der Waals surface area contributed by atoms with Crippen molar-refractivity contribution in [3.63, 3.8) is 0 Å². The van der Waals surface area contributed by atoms with E-state index in [4.69, 9.17) is 4.74 Å². The smallest absolute Gasteiger partial charge is 0.167 e. The van der Waals surface area contributed by atoms with E-state index in [2.05, 4.69) is 10.3 Å². The van der Waals surface area contributed by atoms with E-state index in [1.165, 1.54) is 0 Å². The highest BCUT2D eigenvalue weighted by molar-refractivity contribution is 6.09. The standard InChI is InChI=1S/C16H18N2O2/c1-20-14-7-6-13(12-5-3-9-18-15(12)14)16(19)11-4-2-8-17-10-11/h3,5-7,9,11,17H,2,4,8,10H2,1H3. The fourth-order valence-corrected chi connectivity index (χ4v) is 2.82. The number of methoxy groups -OCH3 is 1. The molecule has 1 atom stereocenters. The summed E-state index contributed by atoms with van der Waals surface area (Å²) in [6.07, 6.45) is 3.74. The van der Waals surface area contributed by atoms with E-state index in [0.29, 0.717) is 5.75 Å². The van der Waals surface area contributed by atoms with Crippen LogP contribution in [-0.4, -0.2) is 31.0 Å². The monoisotopic (exact) mass is 270 g/mol. The van der Waals surface area contributed by atoms with Gasteiger partial charge in [0.2, 0.25) is 0 Å². The zero-order valence-electron chi connectivity index (χ0n) is 11.6. The van der Waals surface area contributed by atoms with Gasteiger partial charge in [-0.2, -0.15) is 0 Å². The third-order valence-electron chi connectivity index (χ3n) is 3.89. The minimum atomic E-state index is 0.0700. The van der Waals surface area contributed by atoms with E-state index in [9.17, 15) is 4.79 Å². The molecule has 4 nitrogen and oxygen atoms in total. The maximum Gasteiger partial charge on any atom is 0.167 e. The number of carbonyl (C=O) groups excluding carboxylic acids is 1. The Hall–Kier alpha value is -1.94. The predicted octanol–water partition coefficient (Wildman–Crippen LogP) is 2.43. The number of pyridine rings is 1. The Morgan fingerprint density at radius 3 is 3.05 bits per heavy atom. The third kappa shape index (κ3) is 2.27. The molecule has 0 saturated carbocycles. The summed E-state index contributed by atoms with van der Waals surface area (Å²) in [4.78, 5) is 17.1. The fraction of sp³-hybridized carbons (Fsp3) is 0.375. The molecular weight excluding hydrogens is 252 g/mol. The van der Waals surface area contributed by atoms with E-state index in [1.54, 1.807) is 13.3 Å². The summed E-state index contributed by atoms with van der Waals surface area (Å²) in [6.45, 7) is 1.78. The van der Waals surface area contributed by atoms with Crippen molar-refractivity contribution in [2.45, 2.75) is 12.8 Å². The summed E-state index contributed by atoms with van der Waals surface area (Å²) < 4.78 is 5.32. The van der Waals surface area contributed by atoms with E-state index in [-0.39, 0.29) is 11.7 Å². The van der Waals surface area contributed by atoms with Crippen molar-refractivity contribution in [2.75, 3.05) is 20.2 Å². The van der Waals surface area contributed by atoms with Gasteiger partial charge in [-0.1, -0.05) is 6.07 Å². The van der Waals surface area contributed by atoms with Crippen LogP contribution in [0.25, 0.3) is 10.9 Å². The zero-order valence-corrected chi connectivity index (χ0v) is 11.6. The van der Waals surface area contributed by atoms with Crippen LogP contribution in [0.5, 0.6) is 5.75 Å². The molecule has 104 valence electrons. The number of nitrogens with zero attached hydrogens (tertiary/aromatic N) is 1. The van der Waals surface area contributed by atoms with E-state index < -0.39 is 0 Å². The average Bonchev–Trinajstić information content (AvgIpc) is 2.54. The second-order valence-corrected chi connectivity index (χ2v) is 5.12.